The first-order valence-corrected chi connectivity index (χ1v) is 10.4. The Morgan fingerprint density at radius 2 is 1.39 bits per heavy atom. The quantitative estimate of drug-likeness (QED) is 0.256. The highest BCUT2D eigenvalue weighted by atomic mass is 16.5. The van der Waals surface area contributed by atoms with Crippen molar-refractivity contribution in [3.63, 3.8) is 0 Å². The van der Waals surface area contributed by atoms with Crippen molar-refractivity contribution < 1.29 is 14.3 Å². The van der Waals surface area contributed by atoms with Gasteiger partial charge in [0.25, 0.3) is 0 Å². The first-order valence-electron chi connectivity index (χ1n) is 10.4. The van der Waals surface area contributed by atoms with Gasteiger partial charge in [-0.2, -0.15) is 0 Å². The summed E-state index contributed by atoms with van der Waals surface area (Å²) >= 11 is 0. The lowest BCUT2D eigenvalue weighted by molar-refractivity contribution is -0.142. The van der Waals surface area contributed by atoms with Crippen molar-refractivity contribution in [2.75, 3.05) is 7.11 Å². The average Bonchev–Trinajstić information content (AvgIpc) is 2.78. The summed E-state index contributed by atoms with van der Waals surface area (Å²) in [5.74, 6) is 1.12. The van der Waals surface area contributed by atoms with Crippen LogP contribution in [0.1, 0.15) is 37.5 Å². The van der Waals surface area contributed by atoms with E-state index in [1.165, 1.54) is 5.56 Å². The van der Waals surface area contributed by atoms with Crippen molar-refractivity contribution in [2.45, 2.75) is 32.6 Å². The summed E-state index contributed by atoms with van der Waals surface area (Å²) in [6.45, 7) is 9.74. The molecule has 3 aromatic rings. The largest absolute Gasteiger partial charge is 0.497 e. The fourth-order valence-electron chi connectivity index (χ4n) is 3.56. The minimum absolute atomic E-state index is 0.253. The molecule has 3 heteroatoms. The van der Waals surface area contributed by atoms with Gasteiger partial charge in [-0.15, -0.1) is 6.58 Å². The Labute approximate surface area is 185 Å². The Morgan fingerprint density at radius 3 is 1.90 bits per heavy atom. The van der Waals surface area contributed by atoms with Gasteiger partial charge in [0.05, 0.1) is 12.5 Å². The second kappa shape index (κ2) is 9.22. The van der Waals surface area contributed by atoms with E-state index in [1.807, 2.05) is 81.4 Å². The summed E-state index contributed by atoms with van der Waals surface area (Å²) in [7, 11) is 1.67. The Hall–Kier alpha value is -3.33. The van der Waals surface area contributed by atoms with Crippen LogP contribution in [0.4, 0.5) is 0 Å². The molecule has 0 fully saturated rings. The van der Waals surface area contributed by atoms with E-state index in [9.17, 15) is 4.79 Å². The number of hydrogen-bond donors (Lipinski definition) is 0. The number of hydrogen-bond acceptors (Lipinski definition) is 3. The van der Waals surface area contributed by atoms with Crippen LogP contribution in [-0.2, 0) is 16.6 Å². The lowest BCUT2D eigenvalue weighted by atomic mass is 9.70. The molecule has 31 heavy (non-hydrogen) atoms. The first kappa shape index (κ1) is 22.4. The van der Waals surface area contributed by atoms with Gasteiger partial charge in [0, 0.05) is 5.41 Å². The van der Waals surface area contributed by atoms with Crippen LogP contribution in [0, 0.1) is 5.41 Å². The lowest BCUT2D eigenvalue weighted by Gasteiger charge is -2.32. The van der Waals surface area contributed by atoms with Gasteiger partial charge in [0.1, 0.15) is 11.5 Å². The SMILES string of the molecule is C=CC(Cc1ccc(OC)cc1)(c1ccccc1)c1ccc(OC(=O)C(C)(C)C)cc1. The van der Waals surface area contributed by atoms with Crippen molar-refractivity contribution in [3.8, 4) is 11.5 Å². The van der Waals surface area contributed by atoms with Gasteiger partial charge in [0.2, 0.25) is 0 Å². The van der Waals surface area contributed by atoms with E-state index in [-0.39, 0.29) is 5.97 Å². The van der Waals surface area contributed by atoms with Crippen LogP contribution in [0.5, 0.6) is 11.5 Å². The van der Waals surface area contributed by atoms with Crippen LogP contribution in [0.25, 0.3) is 0 Å². The molecule has 0 aliphatic heterocycles. The second-order valence-corrected chi connectivity index (χ2v) is 8.73. The zero-order chi connectivity index (χ0) is 22.5. The van der Waals surface area contributed by atoms with E-state index < -0.39 is 10.8 Å². The van der Waals surface area contributed by atoms with E-state index in [0.29, 0.717) is 5.75 Å². The predicted octanol–water partition coefficient (Wildman–Crippen LogP) is 6.36. The number of rotatable bonds is 7. The minimum Gasteiger partial charge on any atom is -0.497 e. The highest BCUT2D eigenvalue weighted by molar-refractivity contribution is 5.77. The van der Waals surface area contributed by atoms with Crippen molar-refractivity contribution >= 4 is 5.97 Å². The van der Waals surface area contributed by atoms with Crippen molar-refractivity contribution in [2.24, 2.45) is 5.41 Å². The van der Waals surface area contributed by atoms with Crippen molar-refractivity contribution in [3.05, 3.63) is 108 Å². The summed E-state index contributed by atoms with van der Waals surface area (Å²) in [5, 5.41) is 0. The van der Waals surface area contributed by atoms with Gasteiger partial charge in [-0.05, 0) is 68.1 Å². The molecule has 0 saturated carbocycles. The molecule has 1 unspecified atom stereocenters. The summed E-state index contributed by atoms with van der Waals surface area (Å²) in [4.78, 5) is 12.2. The highest BCUT2D eigenvalue weighted by Crippen LogP contribution is 2.38. The summed E-state index contributed by atoms with van der Waals surface area (Å²) < 4.78 is 10.9. The Bertz CT molecular complexity index is 1010. The molecule has 0 aliphatic rings. The van der Waals surface area contributed by atoms with Crippen LogP contribution < -0.4 is 9.47 Å². The highest BCUT2D eigenvalue weighted by Gasteiger charge is 2.32. The molecule has 1 atom stereocenters. The first-order chi connectivity index (χ1) is 14.8. The number of carbonyl (C=O) groups is 1. The zero-order valence-corrected chi connectivity index (χ0v) is 18.7. The van der Waals surface area contributed by atoms with Crippen LogP contribution in [0.3, 0.4) is 0 Å². The van der Waals surface area contributed by atoms with Crippen molar-refractivity contribution in [1.82, 2.24) is 0 Å². The number of methoxy groups -OCH3 is 1. The summed E-state index contributed by atoms with van der Waals surface area (Å²) in [5.41, 5.74) is 2.43. The molecule has 3 rings (SSSR count). The fraction of sp³-hybridized carbons (Fsp3) is 0.250. The maximum absolute atomic E-state index is 12.2. The number of carbonyl (C=O) groups excluding carboxylic acids is 1. The standard InChI is InChI=1S/C28H30O3/c1-6-28(22-10-8-7-9-11-22,20-21-12-16-24(30-5)17-13-21)23-14-18-25(19-15-23)31-26(29)27(2,3)4/h6-19H,1,20H2,2-5H3. The molecular formula is C28H30O3. The van der Waals surface area contributed by atoms with E-state index in [4.69, 9.17) is 9.47 Å². The smallest absolute Gasteiger partial charge is 0.316 e. The van der Waals surface area contributed by atoms with Crippen LogP contribution in [0.15, 0.2) is 91.5 Å². The second-order valence-electron chi connectivity index (χ2n) is 8.73. The van der Waals surface area contributed by atoms with Crippen molar-refractivity contribution in [1.29, 1.82) is 0 Å². The van der Waals surface area contributed by atoms with Gasteiger partial charge < -0.3 is 9.47 Å². The van der Waals surface area contributed by atoms with Gasteiger partial charge in [0.15, 0.2) is 0 Å². The fourth-order valence-corrected chi connectivity index (χ4v) is 3.56. The molecule has 160 valence electrons. The normalized spacial score (nSPS) is 13.2. The number of allylic oxidation sites excluding steroid dienone is 1. The van der Waals surface area contributed by atoms with Gasteiger partial charge in [-0.3, -0.25) is 4.79 Å². The molecule has 0 radical (unpaired) electrons. The van der Waals surface area contributed by atoms with Gasteiger partial charge in [-0.1, -0.05) is 60.7 Å². The Morgan fingerprint density at radius 1 is 0.839 bits per heavy atom. The topological polar surface area (TPSA) is 35.5 Å². The molecular weight excluding hydrogens is 384 g/mol. The zero-order valence-electron chi connectivity index (χ0n) is 18.7. The van der Waals surface area contributed by atoms with Gasteiger partial charge in [-0.25, -0.2) is 0 Å². The molecule has 3 aromatic carbocycles. The summed E-state index contributed by atoms with van der Waals surface area (Å²) in [6.07, 6.45) is 2.74. The molecule has 0 heterocycles. The molecule has 3 nitrogen and oxygen atoms in total. The molecule has 0 spiro atoms. The van der Waals surface area contributed by atoms with E-state index in [0.717, 1.165) is 23.3 Å². The number of esters is 1. The summed E-state index contributed by atoms with van der Waals surface area (Å²) in [6, 6.07) is 26.2. The van der Waals surface area contributed by atoms with E-state index in [2.05, 4.69) is 30.8 Å². The third-order valence-electron chi connectivity index (χ3n) is 5.47. The van der Waals surface area contributed by atoms with Crippen LogP contribution in [0.2, 0.25) is 0 Å². The molecule has 0 bridgehead atoms. The lowest BCUT2D eigenvalue weighted by Crippen LogP contribution is -2.28. The maximum Gasteiger partial charge on any atom is 0.316 e. The third kappa shape index (κ3) is 5.05. The Kier molecular flexibility index (Phi) is 6.65. The monoisotopic (exact) mass is 414 g/mol. The maximum atomic E-state index is 12.2. The number of benzene rings is 3. The van der Waals surface area contributed by atoms with E-state index >= 15 is 0 Å². The van der Waals surface area contributed by atoms with E-state index in [1.54, 1.807) is 7.11 Å². The van der Waals surface area contributed by atoms with Crippen LogP contribution in [-0.4, -0.2) is 13.1 Å². The average molecular weight is 415 g/mol. The molecule has 0 amide bonds. The third-order valence-corrected chi connectivity index (χ3v) is 5.47. The molecule has 0 aliphatic carbocycles. The predicted molar refractivity (Wildman–Crippen MR) is 126 cm³/mol. The molecule has 0 aromatic heterocycles. The number of ether oxygens (including phenoxy) is 2. The van der Waals surface area contributed by atoms with Gasteiger partial charge >= 0.3 is 5.97 Å². The minimum atomic E-state index is -0.554. The Balaban J connectivity index is 2.00. The molecule has 0 saturated heterocycles. The van der Waals surface area contributed by atoms with Crippen LogP contribution >= 0.6 is 0 Å². The molecule has 0 N–H and O–H groups in total.